The first-order valence-corrected chi connectivity index (χ1v) is 6.33. The zero-order chi connectivity index (χ0) is 11.5. The highest BCUT2D eigenvalue weighted by Gasteiger charge is 2.11. The van der Waals surface area contributed by atoms with Gasteiger partial charge in [0, 0.05) is 0 Å². The van der Waals surface area contributed by atoms with Crippen molar-refractivity contribution in [3.05, 3.63) is 35.6 Å². The predicted molar refractivity (Wildman–Crippen MR) is 57.2 cm³/mol. The lowest BCUT2D eigenvalue weighted by atomic mass is 10.0. The van der Waals surface area contributed by atoms with Crippen LogP contribution < -0.4 is 5.14 Å². The van der Waals surface area contributed by atoms with Gasteiger partial charge in [0.2, 0.25) is 10.0 Å². The van der Waals surface area contributed by atoms with Crippen molar-refractivity contribution in [1.29, 1.82) is 0 Å². The normalized spacial score (nSPS) is 13.8. The Balaban J connectivity index is 2.63. The van der Waals surface area contributed by atoms with Crippen LogP contribution in [0.4, 0.5) is 4.39 Å². The van der Waals surface area contributed by atoms with Crippen molar-refractivity contribution >= 4 is 10.0 Å². The van der Waals surface area contributed by atoms with Crippen LogP contribution in [0.1, 0.15) is 12.5 Å². The molecule has 0 fully saturated rings. The highest BCUT2D eigenvalue weighted by molar-refractivity contribution is 7.89. The molecule has 1 unspecified atom stereocenters. The number of halogens is 1. The van der Waals surface area contributed by atoms with Gasteiger partial charge in [-0.2, -0.15) is 0 Å². The molecule has 0 spiro atoms. The molecule has 0 saturated carbocycles. The summed E-state index contributed by atoms with van der Waals surface area (Å²) in [5.74, 6) is -0.499. The average Bonchev–Trinajstić information content (AvgIpc) is 1.99. The van der Waals surface area contributed by atoms with Crippen molar-refractivity contribution < 1.29 is 12.8 Å². The van der Waals surface area contributed by atoms with Gasteiger partial charge in [0.1, 0.15) is 5.82 Å². The third-order valence-corrected chi connectivity index (χ3v) is 3.02. The summed E-state index contributed by atoms with van der Waals surface area (Å²) in [5, 5.41) is 4.92. The van der Waals surface area contributed by atoms with E-state index in [-0.39, 0.29) is 17.5 Å². The van der Waals surface area contributed by atoms with Crippen LogP contribution in [-0.4, -0.2) is 14.2 Å². The van der Waals surface area contributed by atoms with E-state index < -0.39 is 10.0 Å². The van der Waals surface area contributed by atoms with E-state index in [4.69, 9.17) is 5.14 Å². The van der Waals surface area contributed by atoms with Gasteiger partial charge in [-0.15, -0.1) is 0 Å². The zero-order valence-electron chi connectivity index (χ0n) is 8.48. The molecule has 0 heterocycles. The predicted octanol–water partition coefficient (Wildman–Crippen LogP) is 1.29. The van der Waals surface area contributed by atoms with E-state index in [2.05, 4.69) is 0 Å². The Morgan fingerprint density at radius 2 is 2.13 bits per heavy atom. The number of hydrogen-bond acceptors (Lipinski definition) is 2. The SMILES string of the molecule is CC(Cc1cccc(F)c1)CS(N)(=O)=O. The number of sulfonamides is 1. The fraction of sp³-hybridized carbons (Fsp3) is 0.400. The Morgan fingerprint density at radius 1 is 1.47 bits per heavy atom. The first-order valence-electron chi connectivity index (χ1n) is 4.62. The summed E-state index contributed by atoms with van der Waals surface area (Å²) < 4.78 is 34.4. The zero-order valence-corrected chi connectivity index (χ0v) is 9.30. The first kappa shape index (κ1) is 12.1. The van der Waals surface area contributed by atoms with E-state index in [1.807, 2.05) is 0 Å². The molecule has 1 aromatic rings. The summed E-state index contributed by atoms with van der Waals surface area (Å²) in [6.45, 7) is 1.77. The summed E-state index contributed by atoms with van der Waals surface area (Å²) >= 11 is 0. The summed E-state index contributed by atoms with van der Waals surface area (Å²) in [7, 11) is -3.45. The number of primary sulfonamides is 1. The molecule has 1 atom stereocenters. The molecule has 1 aromatic carbocycles. The maximum absolute atomic E-state index is 12.8. The number of rotatable bonds is 4. The Labute approximate surface area is 89.2 Å². The lowest BCUT2D eigenvalue weighted by molar-refractivity contribution is 0.570. The lowest BCUT2D eigenvalue weighted by Crippen LogP contribution is -2.22. The van der Waals surface area contributed by atoms with Gasteiger partial charge in [0.25, 0.3) is 0 Å². The van der Waals surface area contributed by atoms with Gasteiger partial charge >= 0.3 is 0 Å². The van der Waals surface area contributed by atoms with Crippen molar-refractivity contribution in [1.82, 2.24) is 0 Å². The quantitative estimate of drug-likeness (QED) is 0.848. The van der Waals surface area contributed by atoms with Gasteiger partial charge in [0.05, 0.1) is 5.75 Å². The maximum atomic E-state index is 12.8. The van der Waals surface area contributed by atoms with Crippen LogP contribution >= 0.6 is 0 Å². The minimum Gasteiger partial charge on any atom is -0.229 e. The maximum Gasteiger partial charge on any atom is 0.209 e. The molecule has 3 nitrogen and oxygen atoms in total. The fourth-order valence-electron chi connectivity index (χ4n) is 1.52. The van der Waals surface area contributed by atoms with Crippen molar-refractivity contribution in [3.63, 3.8) is 0 Å². The summed E-state index contributed by atoms with van der Waals surface area (Å²) in [6, 6.07) is 6.13. The molecule has 2 N–H and O–H groups in total. The van der Waals surface area contributed by atoms with Crippen LogP contribution in [0, 0.1) is 11.7 Å². The van der Waals surface area contributed by atoms with E-state index in [0.717, 1.165) is 5.56 Å². The van der Waals surface area contributed by atoms with E-state index >= 15 is 0 Å². The molecule has 0 bridgehead atoms. The highest BCUT2D eigenvalue weighted by Crippen LogP contribution is 2.11. The lowest BCUT2D eigenvalue weighted by Gasteiger charge is -2.09. The van der Waals surface area contributed by atoms with Gasteiger partial charge in [0.15, 0.2) is 0 Å². The van der Waals surface area contributed by atoms with E-state index in [1.54, 1.807) is 19.1 Å². The van der Waals surface area contributed by atoms with Crippen molar-refractivity contribution in [2.75, 3.05) is 5.75 Å². The third kappa shape index (κ3) is 4.90. The minimum atomic E-state index is -3.45. The molecular weight excluding hydrogens is 217 g/mol. The fourth-order valence-corrected chi connectivity index (χ4v) is 2.43. The topological polar surface area (TPSA) is 60.2 Å². The van der Waals surface area contributed by atoms with E-state index in [9.17, 15) is 12.8 Å². The van der Waals surface area contributed by atoms with Gasteiger partial charge in [-0.1, -0.05) is 19.1 Å². The Kier molecular flexibility index (Phi) is 3.82. The second-order valence-electron chi connectivity index (χ2n) is 3.77. The largest absolute Gasteiger partial charge is 0.229 e. The summed E-state index contributed by atoms with van der Waals surface area (Å²) in [5.41, 5.74) is 0.783. The molecule has 0 aliphatic heterocycles. The van der Waals surface area contributed by atoms with E-state index in [1.165, 1.54) is 12.1 Å². The minimum absolute atomic E-state index is 0.0798. The number of benzene rings is 1. The molecule has 5 heteroatoms. The van der Waals surface area contributed by atoms with Crippen LogP contribution in [0.15, 0.2) is 24.3 Å². The van der Waals surface area contributed by atoms with E-state index in [0.29, 0.717) is 6.42 Å². The van der Waals surface area contributed by atoms with Crippen LogP contribution in [0.2, 0.25) is 0 Å². The Hall–Kier alpha value is -0.940. The van der Waals surface area contributed by atoms with Gasteiger partial charge < -0.3 is 0 Å². The molecule has 0 amide bonds. The van der Waals surface area contributed by atoms with Crippen LogP contribution in [0.3, 0.4) is 0 Å². The van der Waals surface area contributed by atoms with Crippen LogP contribution in [-0.2, 0) is 16.4 Å². The Morgan fingerprint density at radius 3 is 2.67 bits per heavy atom. The standard InChI is InChI=1S/C10H14FNO2S/c1-8(7-15(12,13)14)5-9-3-2-4-10(11)6-9/h2-4,6,8H,5,7H2,1H3,(H2,12,13,14). The molecule has 0 saturated heterocycles. The van der Waals surface area contributed by atoms with Crippen LogP contribution in [0.5, 0.6) is 0 Å². The molecule has 0 radical (unpaired) electrons. The second kappa shape index (κ2) is 4.72. The smallest absolute Gasteiger partial charge is 0.209 e. The molecule has 0 aliphatic carbocycles. The van der Waals surface area contributed by atoms with Gasteiger partial charge in [-0.05, 0) is 30.0 Å². The monoisotopic (exact) mass is 231 g/mol. The molecule has 15 heavy (non-hydrogen) atoms. The Bertz CT molecular complexity index is 431. The van der Waals surface area contributed by atoms with Crippen molar-refractivity contribution in [3.8, 4) is 0 Å². The second-order valence-corrected chi connectivity index (χ2v) is 5.43. The third-order valence-electron chi connectivity index (χ3n) is 1.99. The highest BCUT2D eigenvalue weighted by atomic mass is 32.2. The van der Waals surface area contributed by atoms with Crippen molar-refractivity contribution in [2.45, 2.75) is 13.3 Å². The van der Waals surface area contributed by atoms with Gasteiger partial charge in [-0.3, -0.25) is 0 Å². The van der Waals surface area contributed by atoms with Crippen LogP contribution in [0.25, 0.3) is 0 Å². The van der Waals surface area contributed by atoms with Crippen molar-refractivity contribution in [2.24, 2.45) is 11.1 Å². The molecule has 84 valence electrons. The molecule has 0 aromatic heterocycles. The average molecular weight is 231 g/mol. The summed E-state index contributed by atoms with van der Waals surface area (Å²) in [6.07, 6.45) is 0.508. The van der Waals surface area contributed by atoms with Gasteiger partial charge in [-0.25, -0.2) is 17.9 Å². The first-order chi connectivity index (χ1) is 6.87. The molecule has 0 aliphatic rings. The molecular formula is C10H14FNO2S. The number of hydrogen-bond donors (Lipinski definition) is 1. The summed E-state index contributed by atoms with van der Waals surface area (Å²) in [4.78, 5) is 0. The number of nitrogens with two attached hydrogens (primary N) is 1. The molecule has 1 rings (SSSR count).